The number of carbonyl (C=O) groups excluding carboxylic acids is 2. The molecule has 0 aliphatic carbocycles. The SMILES string of the molecule is N#C/C(=C/c1ccc(OCc2ccc3ccccc3c2)c(I)c1)C(=O)NC(N)=O. The Morgan fingerprint density at radius 1 is 1.10 bits per heavy atom. The number of imide groups is 1. The quantitative estimate of drug-likeness (QED) is 0.314. The third-order valence-electron chi connectivity index (χ3n) is 4.08. The Morgan fingerprint density at radius 2 is 1.86 bits per heavy atom. The number of ether oxygens (including phenoxy) is 1. The fourth-order valence-electron chi connectivity index (χ4n) is 2.71. The molecule has 0 saturated carbocycles. The second kappa shape index (κ2) is 9.21. The molecule has 3 aromatic carbocycles. The number of hydrogen-bond donors (Lipinski definition) is 2. The third kappa shape index (κ3) is 5.33. The zero-order valence-electron chi connectivity index (χ0n) is 15.2. The van der Waals surface area contributed by atoms with E-state index in [9.17, 15) is 9.59 Å². The summed E-state index contributed by atoms with van der Waals surface area (Å²) in [4.78, 5) is 22.5. The van der Waals surface area contributed by atoms with Crippen molar-refractivity contribution in [2.24, 2.45) is 5.73 Å². The summed E-state index contributed by atoms with van der Waals surface area (Å²) in [5.74, 6) is -0.150. The molecule has 0 saturated heterocycles. The monoisotopic (exact) mass is 497 g/mol. The van der Waals surface area contributed by atoms with Gasteiger partial charge in [-0.25, -0.2) is 4.79 Å². The van der Waals surface area contributed by atoms with Gasteiger partial charge in [-0.3, -0.25) is 10.1 Å². The van der Waals surface area contributed by atoms with Crippen LogP contribution < -0.4 is 15.8 Å². The largest absolute Gasteiger partial charge is 0.488 e. The van der Waals surface area contributed by atoms with Gasteiger partial charge in [0.2, 0.25) is 0 Å². The Hall–Kier alpha value is -3.38. The first-order valence-corrected chi connectivity index (χ1v) is 9.67. The van der Waals surface area contributed by atoms with Crippen molar-refractivity contribution in [3.05, 3.63) is 80.9 Å². The van der Waals surface area contributed by atoms with Crippen LogP contribution in [0.2, 0.25) is 0 Å². The molecule has 7 heteroatoms. The molecule has 3 amide bonds. The lowest BCUT2D eigenvalue weighted by Crippen LogP contribution is -2.35. The average Bonchev–Trinajstić information content (AvgIpc) is 2.70. The van der Waals surface area contributed by atoms with Crippen LogP contribution in [-0.4, -0.2) is 11.9 Å². The van der Waals surface area contributed by atoms with Crippen molar-refractivity contribution < 1.29 is 14.3 Å². The number of halogens is 1. The van der Waals surface area contributed by atoms with E-state index in [4.69, 9.17) is 15.7 Å². The lowest BCUT2D eigenvalue weighted by atomic mass is 10.1. The van der Waals surface area contributed by atoms with Crippen LogP contribution in [0.3, 0.4) is 0 Å². The molecule has 0 aliphatic heterocycles. The van der Waals surface area contributed by atoms with E-state index in [1.54, 1.807) is 24.3 Å². The van der Waals surface area contributed by atoms with Gasteiger partial charge in [-0.2, -0.15) is 5.26 Å². The molecule has 3 N–H and O–H groups in total. The molecular weight excluding hydrogens is 481 g/mol. The molecule has 0 heterocycles. The van der Waals surface area contributed by atoms with Crippen LogP contribution in [0.5, 0.6) is 5.75 Å². The maximum atomic E-state index is 11.8. The number of carbonyl (C=O) groups is 2. The minimum absolute atomic E-state index is 0.218. The number of fused-ring (bicyclic) bond motifs is 1. The van der Waals surface area contributed by atoms with Gasteiger partial charge in [0.05, 0.1) is 3.57 Å². The fourth-order valence-corrected chi connectivity index (χ4v) is 3.40. The predicted octanol–water partition coefficient (Wildman–Crippen LogP) is 4.13. The van der Waals surface area contributed by atoms with E-state index in [1.165, 1.54) is 11.5 Å². The number of primary amides is 1. The van der Waals surface area contributed by atoms with Gasteiger partial charge >= 0.3 is 6.03 Å². The number of rotatable bonds is 5. The molecule has 0 atom stereocenters. The van der Waals surface area contributed by atoms with Crippen molar-refractivity contribution in [2.45, 2.75) is 6.61 Å². The number of benzene rings is 3. The topological polar surface area (TPSA) is 105 Å². The predicted molar refractivity (Wildman–Crippen MR) is 119 cm³/mol. The Kier molecular flexibility index (Phi) is 6.46. The van der Waals surface area contributed by atoms with Gasteiger partial charge < -0.3 is 10.5 Å². The van der Waals surface area contributed by atoms with Gasteiger partial charge in [0, 0.05) is 0 Å². The number of nitriles is 1. The Labute approximate surface area is 181 Å². The van der Waals surface area contributed by atoms with E-state index in [1.807, 2.05) is 23.5 Å². The fraction of sp³-hybridized carbons (Fsp3) is 0.0455. The normalized spacial score (nSPS) is 11.0. The first-order valence-electron chi connectivity index (χ1n) is 8.59. The average molecular weight is 497 g/mol. The summed E-state index contributed by atoms with van der Waals surface area (Å²) in [6.07, 6.45) is 1.38. The van der Waals surface area contributed by atoms with Gasteiger partial charge in [-0.05, 0) is 68.8 Å². The van der Waals surface area contributed by atoms with Crippen LogP contribution in [0.1, 0.15) is 11.1 Å². The first-order chi connectivity index (χ1) is 14.0. The number of urea groups is 1. The molecule has 144 valence electrons. The van der Waals surface area contributed by atoms with Gasteiger partial charge in [0.25, 0.3) is 5.91 Å². The number of nitrogens with zero attached hydrogens (tertiary/aromatic N) is 1. The molecule has 0 bridgehead atoms. The summed E-state index contributed by atoms with van der Waals surface area (Å²) >= 11 is 2.13. The van der Waals surface area contributed by atoms with Crippen LogP contribution in [0.4, 0.5) is 4.79 Å². The second-order valence-corrected chi connectivity index (χ2v) is 7.31. The highest BCUT2D eigenvalue weighted by atomic mass is 127. The lowest BCUT2D eigenvalue weighted by Gasteiger charge is -2.10. The van der Waals surface area contributed by atoms with E-state index >= 15 is 0 Å². The molecule has 6 nitrogen and oxygen atoms in total. The summed E-state index contributed by atoms with van der Waals surface area (Å²) in [6, 6.07) is 20.4. The molecular formula is C22H16IN3O3. The summed E-state index contributed by atoms with van der Waals surface area (Å²) < 4.78 is 6.75. The second-order valence-electron chi connectivity index (χ2n) is 6.15. The maximum absolute atomic E-state index is 11.8. The van der Waals surface area contributed by atoms with Crippen molar-refractivity contribution in [1.29, 1.82) is 5.26 Å². The standard InChI is InChI=1S/C22H16IN3O3/c23-19-11-14(9-18(12-24)21(27)26-22(25)28)6-8-20(19)29-13-15-5-7-16-3-1-2-4-17(16)10-15/h1-11H,13H2,(H3,25,26,27,28)/b18-9-. The molecule has 3 rings (SSSR count). The van der Waals surface area contributed by atoms with Gasteiger partial charge in [-0.1, -0.05) is 42.5 Å². The minimum Gasteiger partial charge on any atom is -0.488 e. The smallest absolute Gasteiger partial charge is 0.319 e. The van der Waals surface area contributed by atoms with Crippen LogP contribution >= 0.6 is 22.6 Å². The van der Waals surface area contributed by atoms with Crippen LogP contribution in [0, 0.1) is 14.9 Å². The summed E-state index contributed by atoms with van der Waals surface area (Å²) in [7, 11) is 0. The van der Waals surface area contributed by atoms with Crippen molar-refractivity contribution in [3.63, 3.8) is 0 Å². The zero-order chi connectivity index (χ0) is 20.8. The van der Waals surface area contributed by atoms with E-state index < -0.39 is 11.9 Å². The third-order valence-corrected chi connectivity index (χ3v) is 4.92. The van der Waals surface area contributed by atoms with E-state index in [0.29, 0.717) is 17.9 Å². The molecule has 0 fully saturated rings. The number of nitrogens with one attached hydrogen (secondary N) is 1. The van der Waals surface area contributed by atoms with Crippen molar-refractivity contribution in [1.82, 2.24) is 5.32 Å². The van der Waals surface area contributed by atoms with Gasteiger partial charge in [-0.15, -0.1) is 0 Å². The van der Waals surface area contributed by atoms with Crippen molar-refractivity contribution in [3.8, 4) is 11.8 Å². The molecule has 0 aromatic heterocycles. The van der Waals surface area contributed by atoms with E-state index in [2.05, 4.69) is 46.9 Å². The summed E-state index contributed by atoms with van der Waals surface area (Å²) in [5, 5.41) is 13.3. The Balaban J connectivity index is 1.73. The van der Waals surface area contributed by atoms with Crippen molar-refractivity contribution in [2.75, 3.05) is 0 Å². The number of hydrogen-bond acceptors (Lipinski definition) is 4. The van der Waals surface area contributed by atoms with Crippen LogP contribution in [0.25, 0.3) is 16.8 Å². The first kappa shape index (κ1) is 20.4. The van der Waals surface area contributed by atoms with Crippen LogP contribution in [0.15, 0.2) is 66.2 Å². The minimum atomic E-state index is -1.01. The zero-order valence-corrected chi connectivity index (χ0v) is 17.3. The van der Waals surface area contributed by atoms with Gasteiger partial charge in [0.1, 0.15) is 24.0 Å². The highest BCUT2D eigenvalue weighted by Crippen LogP contribution is 2.25. The summed E-state index contributed by atoms with van der Waals surface area (Å²) in [5.41, 5.74) is 6.37. The van der Waals surface area contributed by atoms with E-state index in [0.717, 1.165) is 14.5 Å². The van der Waals surface area contributed by atoms with E-state index in [-0.39, 0.29) is 5.57 Å². The molecule has 3 aromatic rings. The number of nitrogens with two attached hydrogens (primary N) is 1. The molecule has 0 unspecified atom stereocenters. The highest BCUT2D eigenvalue weighted by molar-refractivity contribution is 14.1. The molecule has 0 radical (unpaired) electrons. The lowest BCUT2D eigenvalue weighted by molar-refractivity contribution is -0.115. The van der Waals surface area contributed by atoms with Crippen LogP contribution in [-0.2, 0) is 11.4 Å². The Bertz CT molecular complexity index is 1170. The van der Waals surface area contributed by atoms with Gasteiger partial charge in [0.15, 0.2) is 0 Å². The molecule has 29 heavy (non-hydrogen) atoms. The maximum Gasteiger partial charge on any atom is 0.319 e. The molecule has 0 aliphatic rings. The van der Waals surface area contributed by atoms with Crippen molar-refractivity contribution >= 4 is 51.4 Å². The molecule has 0 spiro atoms. The number of amides is 3. The summed E-state index contributed by atoms with van der Waals surface area (Å²) in [6.45, 7) is 0.417. The Morgan fingerprint density at radius 3 is 2.55 bits per heavy atom. The highest BCUT2D eigenvalue weighted by Gasteiger charge is 2.11.